The minimum absolute atomic E-state index is 0.650. The molecule has 2 aromatic carbocycles. The molecule has 1 saturated carbocycles. The van der Waals surface area contributed by atoms with Crippen molar-refractivity contribution in [2.45, 2.75) is 55.6 Å². The summed E-state index contributed by atoms with van der Waals surface area (Å²) in [6.07, 6.45) is 2.49. The van der Waals surface area contributed by atoms with E-state index in [0.717, 1.165) is 18.4 Å². The summed E-state index contributed by atoms with van der Waals surface area (Å²) in [5, 5.41) is 4.45. The van der Waals surface area contributed by atoms with Crippen molar-refractivity contribution in [2.24, 2.45) is 11.8 Å². The zero-order valence-corrected chi connectivity index (χ0v) is 16.2. The molecule has 5 unspecified atom stereocenters. The Kier molecular flexibility index (Phi) is 3.67. The van der Waals surface area contributed by atoms with Crippen molar-refractivity contribution in [2.75, 3.05) is 11.9 Å². The molecule has 0 spiro atoms. The Morgan fingerprint density at radius 2 is 1.76 bits per heavy atom. The Morgan fingerprint density at radius 1 is 1.00 bits per heavy atom. The Balaban J connectivity index is 1.63. The van der Waals surface area contributed by atoms with Crippen LogP contribution in [0, 0.1) is 18.8 Å². The number of hydrogen-bond acceptors (Lipinski definition) is 2. The van der Waals surface area contributed by atoms with E-state index in [1.54, 1.807) is 16.7 Å². The van der Waals surface area contributed by atoms with Crippen molar-refractivity contribution in [3.05, 3.63) is 58.7 Å². The molecular formula is C23H27NS. The Hall–Kier alpha value is -1.41. The molecule has 130 valence electrons. The molecule has 0 bridgehead atoms. The number of aryl methyl sites for hydroxylation is 2. The van der Waals surface area contributed by atoms with Gasteiger partial charge < -0.3 is 5.32 Å². The summed E-state index contributed by atoms with van der Waals surface area (Å²) in [6.45, 7) is 8.38. The SMILES string of the molecule is Cc1cc2c(c(C3C(C)C(C)C4c5ccccc5SC43)c1)NCCC2. The fourth-order valence-corrected chi connectivity index (χ4v) is 7.48. The molecule has 25 heavy (non-hydrogen) atoms. The molecule has 0 amide bonds. The summed E-state index contributed by atoms with van der Waals surface area (Å²) in [5.74, 6) is 2.83. The largest absolute Gasteiger partial charge is 0.385 e. The summed E-state index contributed by atoms with van der Waals surface area (Å²) >= 11 is 2.15. The van der Waals surface area contributed by atoms with Crippen LogP contribution in [0.2, 0.25) is 0 Å². The molecule has 1 N–H and O–H groups in total. The van der Waals surface area contributed by atoms with Gasteiger partial charge in [0, 0.05) is 34.2 Å². The molecule has 1 aliphatic carbocycles. The van der Waals surface area contributed by atoms with E-state index in [1.165, 1.54) is 29.0 Å². The van der Waals surface area contributed by atoms with Crippen molar-refractivity contribution >= 4 is 17.4 Å². The predicted octanol–water partition coefficient (Wildman–Crippen LogP) is 5.98. The van der Waals surface area contributed by atoms with Gasteiger partial charge in [-0.2, -0.15) is 0 Å². The molecule has 5 rings (SSSR count). The third kappa shape index (κ3) is 2.30. The first-order valence-corrected chi connectivity index (χ1v) is 10.7. The number of hydrogen-bond donors (Lipinski definition) is 1. The smallest absolute Gasteiger partial charge is 0.0408 e. The highest BCUT2D eigenvalue weighted by molar-refractivity contribution is 8.00. The highest BCUT2D eigenvalue weighted by atomic mass is 32.2. The third-order valence-electron chi connectivity index (χ3n) is 6.89. The maximum absolute atomic E-state index is 3.76. The molecule has 1 nitrogen and oxygen atoms in total. The van der Waals surface area contributed by atoms with E-state index >= 15 is 0 Å². The van der Waals surface area contributed by atoms with Gasteiger partial charge in [-0.15, -0.1) is 11.8 Å². The van der Waals surface area contributed by atoms with E-state index < -0.39 is 0 Å². The van der Waals surface area contributed by atoms with E-state index in [1.807, 2.05) is 0 Å². The molecule has 1 fully saturated rings. The fourth-order valence-electron chi connectivity index (χ4n) is 5.61. The lowest BCUT2D eigenvalue weighted by atomic mass is 9.82. The predicted molar refractivity (Wildman–Crippen MR) is 108 cm³/mol. The van der Waals surface area contributed by atoms with Gasteiger partial charge in [-0.25, -0.2) is 0 Å². The van der Waals surface area contributed by atoms with Crippen molar-refractivity contribution in [3.8, 4) is 0 Å². The van der Waals surface area contributed by atoms with E-state index in [-0.39, 0.29) is 0 Å². The number of benzene rings is 2. The number of rotatable bonds is 1. The van der Waals surface area contributed by atoms with Crippen molar-refractivity contribution in [1.82, 2.24) is 0 Å². The molecule has 0 saturated heterocycles. The van der Waals surface area contributed by atoms with Crippen LogP contribution in [0.5, 0.6) is 0 Å². The van der Waals surface area contributed by atoms with Gasteiger partial charge in [-0.3, -0.25) is 0 Å². The maximum atomic E-state index is 3.76. The van der Waals surface area contributed by atoms with Crippen LogP contribution in [0.15, 0.2) is 41.3 Å². The van der Waals surface area contributed by atoms with Crippen LogP contribution < -0.4 is 5.32 Å². The first-order chi connectivity index (χ1) is 12.1. The van der Waals surface area contributed by atoms with Gasteiger partial charge in [0.05, 0.1) is 0 Å². The van der Waals surface area contributed by atoms with Crippen molar-refractivity contribution < 1.29 is 0 Å². The highest BCUT2D eigenvalue weighted by Gasteiger charge is 2.52. The average Bonchev–Trinajstić information content (AvgIpc) is 3.10. The minimum atomic E-state index is 0.650. The molecule has 2 heterocycles. The van der Waals surface area contributed by atoms with E-state index in [4.69, 9.17) is 0 Å². The van der Waals surface area contributed by atoms with Gasteiger partial charge in [-0.1, -0.05) is 49.7 Å². The van der Waals surface area contributed by atoms with E-state index in [9.17, 15) is 0 Å². The second-order valence-electron chi connectivity index (χ2n) is 8.31. The highest BCUT2D eigenvalue weighted by Crippen LogP contribution is 2.63. The standard InChI is InChI=1S/C23H27NS/c1-13-11-16-7-6-10-24-22(16)18(12-13)21-15(3)14(2)20-17-8-4-5-9-19(17)25-23(20)21/h4-5,8-9,11-12,14-15,20-21,23-24H,6-7,10H2,1-3H3. The van der Waals surface area contributed by atoms with Crippen molar-refractivity contribution in [3.63, 3.8) is 0 Å². The molecule has 2 heteroatoms. The van der Waals surface area contributed by atoms with Gasteiger partial charge in [0.2, 0.25) is 0 Å². The van der Waals surface area contributed by atoms with E-state index in [2.05, 4.69) is 74.2 Å². The Bertz CT molecular complexity index is 827. The number of anilines is 1. The molecule has 3 aliphatic rings. The lowest BCUT2D eigenvalue weighted by molar-refractivity contribution is 0.401. The zero-order valence-electron chi connectivity index (χ0n) is 15.4. The third-order valence-corrected chi connectivity index (χ3v) is 8.37. The van der Waals surface area contributed by atoms with Crippen LogP contribution in [0.3, 0.4) is 0 Å². The number of fused-ring (bicyclic) bond motifs is 4. The molecule has 5 atom stereocenters. The molecule has 0 radical (unpaired) electrons. The summed E-state index contributed by atoms with van der Waals surface area (Å²) in [5.41, 5.74) is 7.65. The van der Waals surface area contributed by atoms with Gasteiger partial charge in [-0.05, 0) is 54.4 Å². The summed E-state index contributed by atoms with van der Waals surface area (Å²) < 4.78 is 0. The molecule has 0 aromatic heterocycles. The summed E-state index contributed by atoms with van der Waals surface area (Å²) in [7, 11) is 0. The van der Waals surface area contributed by atoms with Gasteiger partial charge in [0.25, 0.3) is 0 Å². The van der Waals surface area contributed by atoms with Crippen LogP contribution in [0.4, 0.5) is 5.69 Å². The zero-order chi connectivity index (χ0) is 17.1. The first-order valence-electron chi connectivity index (χ1n) is 9.78. The summed E-state index contributed by atoms with van der Waals surface area (Å²) in [6, 6.07) is 14.0. The Labute approximate surface area is 155 Å². The second-order valence-corrected chi connectivity index (χ2v) is 9.53. The number of nitrogens with one attached hydrogen (secondary N) is 1. The summed E-state index contributed by atoms with van der Waals surface area (Å²) in [4.78, 5) is 1.52. The maximum Gasteiger partial charge on any atom is 0.0408 e. The van der Waals surface area contributed by atoms with Gasteiger partial charge in [0.15, 0.2) is 0 Å². The van der Waals surface area contributed by atoms with Crippen LogP contribution in [-0.4, -0.2) is 11.8 Å². The van der Waals surface area contributed by atoms with Gasteiger partial charge >= 0.3 is 0 Å². The Morgan fingerprint density at radius 3 is 2.60 bits per heavy atom. The van der Waals surface area contributed by atoms with Crippen LogP contribution in [-0.2, 0) is 6.42 Å². The average molecular weight is 350 g/mol. The first kappa shape index (κ1) is 15.8. The van der Waals surface area contributed by atoms with Crippen LogP contribution in [0.25, 0.3) is 0 Å². The van der Waals surface area contributed by atoms with Gasteiger partial charge in [0.1, 0.15) is 0 Å². The topological polar surface area (TPSA) is 12.0 Å². The number of thioether (sulfide) groups is 1. The minimum Gasteiger partial charge on any atom is -0.385 e. The monoisotopic (exact) mass is 349 g/mol. The van der Waals surface area contributed by atoms with Crippen molar-refractivity contribution in [1.29, 1.82) is 0 Å². The molecule has 2 aliphatic heterocycles. The lowest BCUT2D eigenvalue weighted by Gasteiger charge is -2.29. The molecular weight excluding hydrogens is 322 g/mol. The second kappa shape index (κ2) is 5.81. The van der Waals surface area contributed by atoms with Crippen LogP contribution in [0.1, 0.15) is 54.4 Å². The van der Waals surface area contributed by atoms with Crippen LogP contribution >= 0.6 is 11.8 Å². The lowest BCUT2D eigenvalue weighted by Crippen LogP contribution is -2.20. The van der Waals surface area contributed by atoms with E-state index in [0.29, 0.717) is 17.1 Å². The fraction of sp³-hybridized carbons (Fsp3) is 0.478. The normalized spacial score (nSPS) is 32.7. The quantitative estimate of drug-likeness (QED) is 0.679. The molecule has 2 aromatic rings.